The molecular formula is C11H26N2O. The van der Waals surface area contributed by atoms with Crippen molar-refractivity contribution in [2.75, 3.05) is 39.4 Å². The Hall–Kier alpha value is -0.120. The second-order valence-corrected chi connectivity index (χ2v) is 3.36. The normalized spacial score (nSPS) is 10.7. The summed E-state index contributed by atoms with van der Waals surface area (Å²) in [7, 11) is 0. The number of nitrogens with one attached hydrogen (secondary N) is 2. The van der Waals surface area contributed by atoms with Crippen molar-refractivity contribution in [3.8, 4) is 0 Å². The van der Waals surface area contributed by atoms with E-state index < -0.39 is 0 Å². The van der Waals surface area contributed by atoms with E-state index in [0.29, 0.717) is 0 Å². The maximum absolute atomic E-state index is 5.22. The maximum atomic E-state index is 5.22. The molecule has 0 aliphatic heterocycles. The molecule has 0 aliphatic rings. The van der Waals surface area contributed by atoms with E-state index >= 15 is 0 Å². The molecule has 3 heteroatoms. The van der Waals surface area contributed by atoms with Gasteiger partial charge in [0.15, 0.2) is 0 Å². The van der Waals surface area contributed by atoms with E-state index in [1.165, 1.54) is 19.3 Å². The topological polar surface area (TPSA) is 33.3 Å². The first kappa shape index (κ1) is 13.9. The summed E-state index contributed by atoms with van der Waals surface area (Å²) in [6, 6.07) is 0. The molecule has 0 fully saturated rings. The Labute approximate surface area is 88.6 Å². The van der Waals surface area contributed by atoms with Gasteiger partial charge in [-0.1, -0.05) is 13.3 Å². The van der Waals surface area contributed by atoms with Gasteiger partial charge >= 0.3 is 0 Å². The zero-order chi connectivity index (χ0) is 10.5. The minimum atomic E-state index is 0.824. The third-order valence-electron chi connectivity index (χ3n) is 2.08. The van der Waals surface area contributed by atoms with Crippen molar-refractivity contribution in [1.29, 1.82) is 0 Å². The Kier molecular flexibility index (Phi) is 12.8. The van der Waals surface area contributed by atoms with E-state index in [1.54, 1.807) is 0 Å². The predicted molar refractivity (Wildman–Crippen MR) is 61.8 cm³/mol. The fourth-order valence-electron chi connectivity index (χ4n) is 1.27. The van der Waals surface area contributed by atoms with Crippen LogP contribution in [0.4, 0.5) is 0 Å². The highest BCUT2D eigenvalue weighted by atomic mass is 16.5. The smallest absolute Gasteiger partial charge is 0.0590 e. The molecular weight excluding hydrogens is 176 g/mol. The van der Waals surface area contributed by atoms with Crippen LogP contribution in [0.25, 0.3) is 0 Å². The summed E-state index contributed by atoms with van der Waals surface area (Å²) in [5, 5.41) is 6.69. The second kappa shape index (κ2) is 12.9. The lowest BCUT2D eigenvalue weighted by atomic mass is 10.2. The minimum absolute atomic E-state index is 0.824. The van der Waals surface area contributed by atoms with Gasteiger partial charge in [-0.25, -0.2) is 0 Å². The summed E-state index contributed by atoms with van der Waals surface area (Å²) in [5.41, 5.74) is 0. The lowest BCUT2D eigenvalue weighted by Gasteiger charge is -2.05. The number of hydrogen-bond donors (Lipinski definition) is 2. The van der Waals surface area contributed by atoms with Crippen LogP contribution in [0, 0.1) is 0 Å². The van der Waals surface area contributed by atoms with Gasteiger partial charge in [-0.2, -0.15) is 0 Å². The molecule has 0 rings (SSSR count). The second-order valence-electron chi connectivity index (χ2n) is 3.36. The molecule has 0 aromatic heterocycles. The van der Waals surface area contributed by atoms with Crippen LogP contribution in [0.2, 0.25) is 0 Å². The highest BCUT2D eigenvalue weighted by molar-refractivity contribution is 4.50. The minimum Gasteiger partial charge on any atom is -0.380 e. The fourth-order valence-corrected chi connectivity index (χ4v) is 1.27. The summed E-state index contributed by atoms with van der Waals surface area (Å²) in [4.78, 5) is 0. The van der Waals surface area contributed by atoms with Crippen LogP contribution in [0.5, 0.6) is 0 Å². The van der Waals surface area contributed by atoms with Crippen LogP contribution >= 0.6 is 0 Å². The van der Waals surface area contributed by atoms with Crippen LogP contribution in [0.15, 0.2) is 0 Å². The molecule has 2 N–H and O–H groups in total. The van der Waals surface area contributed by atoms with Crippen molar-refractivity contribution < 1.29 is 4.74 Å². The van der Waals surface area contributed by atoms with Gasteiger partial charge in [-0.15, -0.1) is 0 Å². The van der Waals surface area contributed by atoms with Gasteiger partial charge in [-0.3, -0.25) is 0 Å². The van der Waals surface area contributed by atoms with Crippen molar-refractivity contribution >= 4 is 0 Å². The molecule has 0 radical (unpaired) electrons. The standard InChI is InChI=1S/C11H26N2O/c1-3-12-8-6-5-7-9-13-10-11-14-4-2/h12-13H,3-11H2,1-2H3. The molecule has 0 atom stereocenters. The lowest BCUT2D eigenvalue weighted by Crippen LogP contribution is -2.21. The summed E-state index contributed by atoms with van der Waals surface area (Å²) < 4.78 is 5.22. The average Bonchev–Trinajstić information content (AvgIpc) is 2.21. The van der Waals surface area contributed by atoms with Crippen LogP contribution < -0.4 is 10.6 Å². The third-order valence-corrected chi connectivity index (χ3v) is 2.08. The molecule has 0 heterocycles. The molecule has 14 heavy (non-hydrogen) atoms. The molecule has 0 aromatic carbocycles. The van der Waals surface area contributed by atoms with Gasteiger partial charge in [0.25, 0.3) is 0 Å². The van der Waals surface area contributed by atoms with E-state index in [0.717, 1.165) is 39.4 Å². The molecule has 0 amide bonds. The third kappa shape index (κ3) is 11.9. The number of hydrogen-bond acceptors (Lipinski definition) is 3. The molecule has 0 aromatic rings. The van der Waals surface area contributed by atoms with Gasteiger partial charge in [0, 0.05) is 13.2 Å². The van der Waals surface area contributed by atoms with Crippen molar-refractivity contribution in [3.05, 3.63) is 0 Å². The van der Waals surface area contributed by atoms with Gasteiger partial charge in [0.2, 0.25) is 0 Å². The van der Waals surface area contributed by atoms with Crippen LogP contribution in [0.3, 0.4) is 0 Å². The molecule has 0 spiro atoms. The molecule has 0 saturated carbocycles. The molecule has 0 aliphatic carbocycles. The van der Waals surface area contributed by atoms with Gasteiger partial charge in [0.05, 0.1) is 6.61 Å². The SMILES string of the molecule is CCNCCCCCNCCOCC. The summed E-state index contributed by atoms with van der Waals surface area (Å²) in [5.74, 6) is 0. The highest BCUT2D eigenvalue weighted by Crippen LogP contribution is 1.91. The predicted octanol–water partition coefficient (Wildman–Crippen LogP) is 1.39. The summed E-state index contributed by atoms with van der Waals surface area (Å²) in [6.45, 7) is 10.2. The molecule has 0 saturated heterocycles. The van der Waals surface area contributed by atoms with E-state index in [-0.39, 0.29) is 0 Å². The Balaban J connectivity index is 2.78. The largest absolute Gasteiger partial charge is 0.380 e. The highest BCUT2D eigenvalue weighted by Gasteiger charge is 1.89. The number of unbranched alkanes of at least 4 members (excludes halogenated alkanes) is 2. The summed E-state index contributed by atoms with van der Waals surface area (Å²) in [6.07, 6.45) is 3.88. The zero-order valence-corrected chi connectivity index (χ0v) is 9.77. The van der Waals surface area contributed by atoms with E-state index in [9.17, 15) is 0 Å². The molecule has 3 nitrogen and oxygen atoms in total. The monoisotopic (exact) mass is 202 g/mol. The molecule has 86 valence electrons. The van der Waals surface area contributed by atoms with Crippen molar-refractivity contribution in [1.82, 2.24) is 10.6 Å². The van der Waals surface area contributed by atoms with Crippen LogP contribution in [0.1, 0.15) is 33.1 Å². The molecule has 0 unspecified atom stereocenters. The fraction of sp³-hybridized carbons (Fsp3) is 1.00. The zero-order valence-electron chi connectivity index (χ0n) is 9.77. The first-order chi connectivity index (χ1) is 6.91. The van der Waals surface area contributed by atoms with Crippen molar-refractivity contribution in [2.45, 2.75) is 33.1 Å². The summed E-state index contributed by atoms with van der Waals surface area (Å²) >= 11 is 0. The Bertz CT molecular complexity index is 87.3. The van der Waals surface area contributed by atoms with E-state index in [4.69, 9.17) is 4.74 Å². The van der Waals surface area contributed by atoms with Gasteiger partial charge < -0.3 is 15.4 Å². The lowest BCUT2D eigenvalue weighted by molar-refractivity contribution is 0.149. The average molecular weight is 202 g/mol. The van der Waals surface area contributed by atoms with Gasteiger partial charge in [-0.05, 0) is 39.4 Å². The van der Waals surface area contributed by atoms with Crippen molar-refractivity contribution in [3.63, 3.8) is 0 Å². The molecule has 0 bridgehead atoms. The number of rotatable bonds is 11. The van der Waals surface area contributed by atoms with Gasteiger partial charge in [0.1, 0.15) is 0 Å². The Morgan fingerprint density at radius 1 is 0.857 bits per heavy atom. The van der Waals surface area contributed by atoms with Crippen LogP contribution in [-0.4, -0.2) is 39.4 Å². The maximum Gasteiger partial charge on any atom is 0.0590 e. The van der Waals surface area contributed by atoms with E-state index in [2.05, 4.69) is 17.6 Å². The van der Waals surface area contributed by atoms with Crippen molar-refractivity contribution in [2.24, 2.45) is 0 Å². The Morgan fingerprint density at radius 2 is 1.57 bits per heavy atom. The van der Waals surface area contributed by atoms with E-state index in [1.807, 2.05) is 6.92 Å². The van der Waals surface area contributed by atoms with Crippen LogP contribution in [-0.2, 0) is 4.74 Å². The Morgan fingerprint density at radius 3 is 2.21 bits per heavy atom. The first-order valence-corrected chi connectivity index (χ1v) is 5.91. The quantitative estimate of drug-likeness (QED) is 0.497. The first-order valence-electron chi connectivity index (χ1n) is 5.91. The number of ether oxygens (including phenoxy) is 1.